The molecule has 0 aliphatic rings. The Hall–Kier alpha value is -1.06. The van der Waals surface area contributed by atoms with Crippen molar-refractivity contribution >= 4 is 17.5 Å². The van der Waals surface area contributed by atoms with Crippen LogP contribution in [0.2, 0.25) is 5.02 Å². The molecule has 0 heterocycles. The van der Waals surface area contributed by atoms with Crippen LogP contribution in [0.25, 0.3) is 0 Å². The Bertz CT molecular complexity index is 337. The molecule has 0 saturated carbocycles. The second-order valence-electron chi connectivity index (χ2n) is 3.77. The van der Waals surface area contributed by atoms with Gasteiger partial charge in [0.15, 0.2) is 6.04 Å². The number of hydrogen-bond donors (Lipinski definition) is 2. The Kier molecular flexibility index (Phi) is 4.12. The molecule has 0 radical (unpaired) electrons. The van der Waals surface area contributed by atoms with Gasteiger partial charge in [-0.25, -0.2) is 0 Å². The van der Waals surface area contributed by atoms with E-state index in [1.165, 1.54) is 0 Å². The van der Waals surface area contributed by atoms with Gasteiger partial charge in [-0.1, -0.05) is 23.7 Å². The summed E-state index contributed by atoms with van der Waals surface area (Å²) in [6.45, 7) is 2.59. The highest BCUT2D eigenvalue weighted by molar-refractivity contribution is 6.30. The third kappa shape index (κ3) is 3.53. The number of amides is 1. The van der Waals surface area contributed by atoms with Gasteiger partial charge in [-0.15, -0.1) is 0 Å². The maximum Gasteiger partial charge on any atom is 0.275 e. The van der Waals surface area contributed by atoms with Gasteiger partial charge in [-0.3, -0.25) is 4.79 Å². The van der Waals surface area contributed by atoms with Crippen LogP contribution in [0.5, 0.6) is 0 Å². The number of benzene rings is 1. The fourth-order valence-corrected chi connectivity index (χ4v) is 1.45. The summed E-state index contributed by atoms with van der Waals surface area (Å²) in [5.41, 5.74) is 6.38. The number of hydrogen-bond acceptors (Lipinski definition) is 1. The van der Waals surface area contributed by atoms with Crippen molar-refractivity contribution in [1.29, 1.82) is 0 Å². The number of halogens is 1. The van der Waals surface area contributed by atoms with E-state index >= 15 is 0 Å². The van der Waals surface area contributed by atoms with Gasteiger partial charge in [0, 0.05) is 10.6 Å². The van der Waals surface area contributed by atoms with Crippen LogP contribution in [0.3, 0.4) is 0 Å². The summed E-state index contributed by atoms with van der Waals surface area (Å²) in [6.07, 6.45) is 0. The van der Waals surface area contributed by atoms with Crippen LogP contribution in [0.1, 0.15) is 12.5 Å². The van der Waals surface area contributed by atoms with Crippen LogP contribution in [0, 0.1) is 0 Å². The molecule has 1 amide bonds. The highest BCUT2D eigenvalue weighted by Gasteiger charge is 2.18. The molecule has 82 valence electrons. The number of nitrogens with one attached hydrogen (secondary N) is 1. The van der Waals surface area contributed by atoms with E-state index in [2.05, 4.69) is 0 Å². The van der Waals surface area contributed by atoms with E-state index in [-0.39, 0.29) is 11.9 Å². The first kappa shape index (κ1) is 12.0. The summed E-state index contributed by atoms with van der Waals surface area (Å²) in [7, 11) is 1.95. The van der Waals surface area contributed by atoms with E-state index in [1.807, 2.05) is 38.2 Å². The monoisotopic (exact) mass is 227 g/mol. The number of primary amides is 1. The fourth-order valence-electron chi connectivity index (χ4n) is 1.32. The second-order valence-corrected chi connectivity index (χ2v) is 4.21. The van der Waals surface area contributed by atoms with Crippen molar-refractivity contribution in [3.8, 4) is 0 Å². The number of likely N-dealkylation sites (N-methyl/N-ethyl adjacent to an activating group) is 1. The lowest BCUT2D eigenvalue weighted by Gasteiger charge is -2.18. The molecular formula is C11H16ClN2O+. The Labute approximate surface area is 94.8 Å². The van der Waals surface area contributed by atoms with E-state index in [0.717, 1.165) is 22.0 Å². The molecule has 0 saturated heterocycles. The quantitative estimate of drug-likeness (QED) is 0.760. The minimum Gasteiger partial charge on any atom is -0.365 e. The number of quaternary nitrogens is 1. The van der Waals surface area contributed by atoms with Crippen molar-refractivity contribution in [2.24, 2.45) is 5.73 Å². The van der Waals surface area contributed by atoms with Gasteiger partial charge in [-0.05, 0) is 19.1 Å². The highest BCUT2D eigenvalue weighted by Crippen LogP contribution is 2.08. The van der Waals surface area contributed by atoms with Crippen molar-refractivity contribution in [2.45, 2.75) is 19.5 Å². The van der Waals surface area contributed by atoms with Crippen molar-refractivity contribution in [3.63, 3.8) is 0 Å². The standard InChI is InChI=1S/C11H15ClN2O/c1-8(11(13)15)14(2)7-9-3-5-10(12)6-4-9/h3-6,8H,7H2,1-2H3,(H2,13,15)/p+1/t8-/m0/s1. The highest BCUT2D eigenvalue weighted by atomic mass is 35.5. The minimum atomic E-state index is -0.276. The van der Waals surface area contributed by atoms with Crippen LogP contribution in [-0.4, -0.2) is 19.0 Å². The molecule has 1 unspecified atom stereocenters. The number of carbonyl (C=O) groups is 1. The molecule has 1 aromatic carbocycles. The maximum absolute atomic E-state index is 11.0. The van der Waals surface area contributed by atoms with E-state index in [9.17, 15) is 4.79 Å². The lowest BCUT2D eigenvalue weighted by molar-refractivity contribution is -0.908. The van der Waals surface area contributed by atoms with Gasteiger partial charge in [0.1, 0.15) is 6.54 Å². The minimum absolute atomic E-state index is 0.180. The lowest BCUT2D eigenvalue weighted by atomic mass is 10.2. The zero-order valence-corrected chi connectivity index (χ0v) is 9.71. The van der Waals surface area contributed by atoms with E-state index in [4.69, 9.17) is 17.3 Å². The van der Waals surface area contributed by atoms with Crippen LogP contribution >= 0.6 is 11.6 Å². The van der Waals surface area contributed by atoms with Gasteiger partial charge in [0.25, 0.3) is 5.91 Å². The topological polar surface area (TPSA) is 47.5 Å². The molecule has 3 N–H and O–H groups in total. The molecule has 0 aliphatic heterocycles. The molecule has 1 rings (SSSR count). The summed E-state index contributed by atoms with van der Waals surface area (Å²) in [4.78, 5) is 12.0. The van der Waals surface area contributed by atoms with Crippen molar-refractivity contribution in [3.05, 3.63) is 34.9 Å². The molecule has 0 aromatic heterocycles. The van der Waals surface area contributed by atoms with E-state index in [0.29, 0.717) is 0 Å². The van der Waals surface area contributed by atoms with Gasteiger partial charge in [-0.2, -0.15) is 0 Å². The van der Waals surface area contributed by atoms with Crippen LogP contribution in [0.4, 0.5) is 0 Å². The smallest absolute Gasteiger partial charge is 0.275 e. The summed E-state index contributed by atoms with van der Waals surface area (Å²) in [5.74, 6) is -0.276. The summed E-state index contributed by atoms with van der Waals surface area (Å²) < 4.78 is 0. The largest absolute Gasteiger partial charge is 0.365 e. The molecule has 0 aliphatic carbocycles. The fraction of sp³-hybridized carbons (Fsp3) is 0.364. The van der Waals surface area contributed by atoms with Gasteiger partial charge >= 0.3 is 0 Å². The molecule has 2 atom stereocenters. The van der Waals surface area contributed by atoms with Crippen LogP contribution in [-0.2, 0) is 11.3 Å². The van der Waals surface area contributed by atoms with Crippen LogP contribution < -0.4 is 10.6 Å². The number of carbonyl (C=O) groups excluding carboxylic acids is 1. The zero-order valence-electron chi connectivity index (χ0n) is 8.96. The van der Waals surface area contributed by atoms with E-state index < -0.39 is 0 Å². The summed E-state index contributed by atoms with van der Waals surface area (Å²) in [5, 5.41) is 0.722. The third-order valence-electron chi connectivity index (χ3n) is 2.56. The first-order chi connectivity index (χ1) is 7.00. The molecule has 0 spiro atoms. The molecule has 4 heteroatoms. The average molecular weight is 228 g/mol. The Balaban J connectivity index is 2.62. The lowest BCUT2D eigenvalue weighted by Crippen LogP contribution is -3.12. The second kappa shape index (κ2) is 5.14. The Morgan fingerprint density at radius 3 is 2.47 bits per heavy atom. The maximum atomic E-state index is 11.0. The van der Waals surface area contributed by atoms with Gasteiger partial charge in [0.05, 0.1) is 7.05 Å². The Morgan fingerprint density at radius 1 is 1.47 bits per heavy atom. The first-order valence-corrected chi connectivity index (χ1v) is 5.24. The van der Waals surface area contributed by atoms with Gasteiger partial charge < -0.3 is 10.6 Å². The molecule has 0 bridgehead atoms. The predicted molar refractivity (Wildman–Crippen MR) is 60.7 cm³/mol. The van der Waals surface area contributed by atoms with Gasteiger partial charge in [0.2, 0.25) is 0 Å². The first-order valence-electron chi connectivity index (χ1n) is 4.86. The number of rotatable bonds is 4. The van der Waals surface area contributed by atoms with Crippen molar-refractivity contribution < 1.29 is 9.69 Å². The van der Waals surface area contributed by atoms with Crippen molar-refractivity contribution in [1.82, 2.24) is 0 Å². The SMILES string of the molecule is C[C@@H](C(N)=O)[NH+](C)Cc1ccc(Cl)cc1. The van der Waals surface area contributed by atoms with E-state index in [1.54, 1.807) is 0 Å². The summed E-state index contributed by atoms with van der Waals surface area (Å²) >= 11 is 5.78. The molecule has 3 nitrogen and oxygen atoms in total. The molecule has 0 fully saturated rings. The molecule has 15 heavy (non-hydrogen) atoms. The average Bonchev–Trinajstić information content (AvgIpc) is 2.20. The number of nitrogens with two attached hydrogens (primary N) is 1. The molecular weight excluding hydrogens is 212 g/mol. The Morgan fingerprint density at radius 2 is 2.00 bits per heavy atom. The predicted octanol–water partition coefficient (Wildman–Crippen LogP) is 0.229. The van der Waals surface area contributed by atoms with Crippen molar-refractivity contribution in [2.75, 3.05) is 7.05 Å². The third-order valence-corrected chi connectivity index (χ3v) is 2.81. The van der Waals surface area contributed by atoms with Crippen LogP contribution in [0.15, 0.2) is 24.3 Å². The normalized spacial score (nSPS) is 14.6. The molecule has 1 aromatic rings. The zero-order chi connectivity index (χ0) is 11.4. The summed E-state index contributed by atoms with van der Waals surface area (Å²) in [6, 6.07) is 7.43.